The summed E-state index contributed by atoms with van der Waals surface area (Å²) in [7, 11) is -2.61. The van der Waals surface area contributed by atoms with Crippen molar-refractivity contribution in [2.45, 2.75) is 51.0 Å². The predicted octanol–water partition coefficient (Wildman–Crippen LogP) is 5.03. The Balaban J connectivity index is 0.000000514. The maximum atomic E-state index is 12.8. The first kappa shape index (κ1) is 30.8. The van der Waals surface area contributed by atoms with E-state index in [-0.39, 0.29) is 15.9 Å². The Bertz CT molecular complexity index is 977. The molecular formula is C22H28F4N2O3S2. The third-order valence-corrected chi connectivity index (χ3v) is 5.88. The minimum atomic E-state index is -1.43. The fraction of sp³-hybridized carbons (Fsp3) is 0.364. The fourth-order valence-corrected chi connectivity index (χ4v) is 2.09. The van der Waals surface area contributed by atoms with Crippen molar-refractivity contribution in [1.29, 1.82) is 0 Å². The molecule has 184 valence electrons. The van der Waals surface area contributed by atoms with Crippen LogP contribution < -0.4 is 5.14 Å². The summed E-state index contributed by atoms with van der Waals surface area (Å²) < 4.78 is 75.0. The van der Waals surface area contributed by atoms with Crippen LogP contribution in [0.2, 0.25) is 0 Å². The predicted molar refractivity (Wildman–Crippen MR) is 126 cm³/mol. The Kier molecular flexibility index (Phi) is 12.5. The van der Waals surface area contributed by atoms with Crippen LogP contribution in [0.4, 0.5) is 17.6 Å². The van der Waals surface area contributed by atoms with Crippen LogP contribution in [-0.2, 0) is 22.0 Å². The molecule has 33 heavy (non-hydrogen) atoms. The summed E-state index contributed by atoms with van der Waals surface area (Å²) in [6, 6.07) is 5.69. The summed E-state index contributed by atoms with van der Waals surface area (Å²) in [6.45, 7) is 10.8. The first-order chi connectivity index (χ1) is 14.9. The van der Waals surface area contributed by atoms with Crippen LogP contribution in [0.5, 0.6) is 0 Å². The highest BCUT2D eigenvalue weighted by Gasteiger charge is 2.18. The number of benzene rings is 2. The fourth-order valence-electron chi connectivity index (χ4n) is 1.56. The molecule has 0 saturated carbocycles. The molecule has 0 bridgehead atoms. The Morgan fingerprint density at radius 2 is 1.06 bits per heavy atom. The third-order valence-electron chi connectivity index (χ3n) is 3.33. The van der Waals surface area contributed by atoms with E-state index in [1.54, 1.807) is 20.8 Å². The molecule has 2 N–H and O–H groups in total. The number of hydrogen-bond donors (Lipinski definition) is 1. The molecule has 0 aliphatic rings. The van der Waals surface area contributed by atoms with Gasteiger partial charge in [-0.25, -0.2) is 26.0 Å². The summed E-state index contributed by atoms with van der Waals surface area (Å²) >= 11 is 0. The molecule has 0 unspecified atom stereocenters. The summed E-state index contributed by atoms with van der Waals surface area (Å²) in [6.07, 6.45) is 1.61. The van der Waals surface area contributed by atoms with Gasteiger partial charge in [0, 0.05) is 23.9 Å². The molecule has 2 atom stereocenters. The van der Waals surface area contributed by atoms with Crippen LogP contribution in [0, 0.1) is 23.3 Å². The lowest BCUT2D eigenvalue weighted by Gasteiger charge is -2.12. The van der Waals surface area contributed by atoms with E-state index in [1.165, 1.54) is 6.21 Å². The quantitative estimate of drug-likeness (QED) is 0.358. The lowest BCUT2D eigenvalue weighted by Crippen LogP contribution is -2.27. The zero-order chi connectivity index (χ0) is 26.0. The number of hydrogen-bond acceptors (Lipinski definition) is 3. The maximum Gasteiger partial charge on any atom is 0.150 e. The van der Waals surface area contributed by atoms with E-state index >= 15 is 0 Å². The van der Waals surface area contributed by atoms with Gasteiger partial charge in [-0.1, -0.05) is 0 Å². The first-order valence-corrected chi connectivity index (χ1v) is 11.8. The smallest absolute Gasteiger partial charge is 0.150 e. The Morgan fingerprint density at radius 3 is 1.33 bits per heavy atom. The lowest BCUT2D eigenvalue weighted by atomic mass is 10.2. The van der Waals surface area contributed by atoms with Gasteiger partial charge in [0.05, 0.1) is 20.5 Å². The van der Waals surface area contributed by atoms with Crippen molar-refractivity contribution in [2.75, 3.05) is 0 Å². The van der Waals surface area contributed by atoms with E-state index in [9.17, 15) is 30.8 Å². The van der Waals surface area contributed by atoms with Crippen LogP contribution in [0.3, 0.4) is 0 Å². The number of rotatable bonds is 3. The second-order valence-corrected chi connectivity index (χ2v) is 12.3. The number of carbonyl (C=O) groups excluding carboxylic acids is 1. The molecule has 11 heteroatoms. The molecule has 0 spiro atoms. The van der Waals surface area contributed by atoms with Gasteiger partial charge in [0.15, 0.2) is 0 Å². The van der Waals surface area contributed by atoms with Crippen molar-refractivity contribution in [3.05, 3.63) is 70.8 Å². The summed E-state index contributed by atoms with van der Waals surface area (Å²) in [5.74, 6) is -2.82. The average molecular weight is 509 g/mol. The van der Waals surface area contributed by atoms with E-state index in [4.69, 9.17) is 5.14 Å². The zero-order valence-electron chi connectivity index (χ0n) is 19.2. The van der Waals surface area contributed by atoms with Crippen LogP contribution in [0.1, 0.15) is 57.5 Å². The molecule has 5 nitrogen and oxygen atoms in total. The van der Waals surface area contributed by atoms with Crippen LogP contribution in [-0.4, -0.2) is 30.4 Å². The Morgan fingerprint density at radius 1 is 0.727 bits per heavy atom. The highest BCUT2D eigenvalue weighted by molar-refractivity contribution is 7.85. The Labute approximate surface area is 196 Å². The van der Waals surface area contributed by atoms with E-state index in [0.29, 0.717) is 12.4 Å². The number of nitrogens with zero attached hydrogens (tertiary/aromatic N) is 1. The van der Waals surface area contributed by atoms with Crippen molar-refractivity contribution in [2.24, 2.45) is 9.54 Å². The number of halogens is 4. The molecule has 0 aliphatic carbocycles. The zero-order valence-corrected chi connectivity index (χ0v) is 20.8. The third kappa shape index (κ3) is 13.8. The molecule has 0 fully saturated rings. The monoisotopic (exact) mass is 508 g/mol. The van der Waals surface area contributed by atoms with Gasteiger partial charge in [-0.15, -0.1) is 0 Å². The van der Waals surface area contributed by atoms with Crippen LogP contribution in [0.15, 0.2) is 40.8 Å². The number of aldehydes is 1. The van der Waals surface area contributed by atoms with Crippen LogP contribution >= 0.6 is 0 Å². The summed E-state index contributed by atoms with van der Waals surface area (Å²) in [5.41, 5.74) is 0.271. The van der Waals surface area contributed by atoms with E-state index < -0.39 is 50.0 Å². The minimum absolute atomic E-state index is 0.0116. The molecule has 0 aliphatic heterocycles. The highest BCUT2D eigenvalue weighted by Crippen LogP contribution is 2.13. The topological polar surface area (TPSA) is 89.6 Å². The molecule has 0 amide bonds. The molecule has 0 radical (unpaired) electrons. The van der Waals surface area contributed by atoms with Gasteiger partial charge < -0.3 is 0 Å². The van der Waals surface area contributed by atoms with Gasteiger partial charge in [-0.2, -0.15) is 4.40 Å². The molecule has 2 aromatic carbocycles. The molecule has 0 aromatic heterocycles. The number of carbonyl (C=O) groups is 1. The van der Waals surface area contributed by atoms with Crippen molar-refractivity contribution in [3.63, 3.8) is 0 Å². The Hall–Kier alpha value is -2.24. The van der Waals surface area contributed by atoms with Gasteiger partial charge in [0.25, 0.3) is 0 Å². The summed E-state index contributed by atoms with van der Waals surface area (Å²) in [4.78, 5) is 9.98. The molecule has 2 rings (SSSR count). The van der Waals surface area contributed by atoms with Crippen molar-refractivity contribution in [1.82, 2.24) is 0 Å². The number of nitrogens with two attached hydrogens (primary N) is 1. The average Bonchev–Trinajstić information content (AvgIpc) is 2.64. The van der Waals surface area contributed by atoms with Gasteiger partial charge in [-0.3, -0.25) is 9.93 Å². The first-order valence-electron chi connectivity index (χ1n) is 9.45. The SMILES string of the molecule is CC(C)(C)[S@@](=O)N=Cc1cc(F)cc(F)c1.CC(C)(C)[S@](N)=O.O=Cc1cc(F)cc(F)c1. The van der Waals surface area contributed by atoms with Gasteiger partial charge in [0.1, 0.15) is 40.5 Å². The standard InChI is InChI=1S/C11H13F2NOS.C7H4F2O.C4H11NOS/c1-11(2,3)16(15)14-7-8-4-9(12)6-10(13)5-8;8-6-1-5(4-10)2-7(9)3-6;1-4(2,3)7(5)6/h4-7H,1-3H3;1-4H;5H2,1-3H3/t16-;;7-/m1.1/s1. The molecule has 0 saturated heterocycles. The van der Waals surface area contributed by atoms with E-state index in [0.717, 1.165) is 30.3 Å². The van der Waals surface area contributed by atoms with Crippen molar-refractivity contribution in [3.8, 4) is 0 Å². The lowest BCUT2D eigenvalue weighted by molar-refractivity contribution is 0.112. The van der Waals surface area contributed by atoms with Crippen molar-refractivity contribution >= 4 is 34.5 Å². The van der Waals surface area contributed by atoms with Crippen LogP contribution in [0.25, 0.3) is 0 Å². The molecule has 2 aromatic rings. The van der Waals surface area contributed by atoms with E-state index in [1.807, 2.05) is 20.8 Å². The normalized spacial score (nSPS) is 13.3. The van der Waals surface area contributed by atoms with Gasteiger partial charge in [-0.05, 0) is 71.4 Å². The maximum absolute atomic E-state index is 12.8. The minimum Gasteiger partial charge on any atom is -0.298 e. The second kappa shape index (κ2) is 13.5. The van der Waals surface area contributed by atoms with Gasteiger partial charge >= 0.3 is 0 Å². The van der Waals surface area contributed by atoms with E-state index in [2.05, 4.69) is 4.40 Å². The highest BCUT2D eigenvalue weighted by atomic mass is 32.2. The molecular weight excluding hydrogens is 480 g/mol. The summed E-state index contributed by atoms with van der Waals surface area (Å²) in [5, 5.41) is 5.04. The van der Waals surface area contributed by atoms with Gasteiger partial charge in [0.2, 0.25) is 0 Å². The molecule has 0 heterocycles. The van der Waals surface area contributed by atoms with Crippen molar-refractivity contribution < 1.29 is 30.8 Å². The largest absolute Gasteiger partial charge is 0.298 e. The second-order valence-electron chi connectivity index (χ2n) is 8.53.